The van der Waals surface area contributed by atoms with Crippen LogP contribution < -0.4 is 0 Å². The van der Waals surface area contributed by atoms with Crippen LogP contribution in [0.15, 0.2) is 4.99 Å². The first-order valence-electron chi connectivity index (χ1n) is 3.02. The van der Waals surface area contributed by atoms with Crippen LogP contribution in [0.2, 0.25) is 0 Å². The number of hydrogen-bond donors (Lipinski definition) is 0. The summed E-state index contributed by atoms with van der Waals surface area (Å²) in [5.74, 6) is 0.914. The summed E-state index contributed by atoms with van der Waals surface area (Å²) in [5.41, 5.74) is 0. The Balaban J connectivity index is 2.44. The Kier molecular flexibility index (Phi) is 1.51. The molecule has 1 rings (SSSR count). The molecule has 0 saturated carbocycles. The Labute approximate surface area is 49.6 Å². The minimum absolute atomic E-state index is 0.393. The lowest BCUT2D eigenvalue weighted by Gasteiger charge is -1.93. The van der Waals surface area contributed by atoms with Crippen LogP contribution in [0.5, 0.6) is 0 Å². The molecule has 0 aliphatic carbocycles. The highest BCUT2D eigenvalue weighted by atomic mass is 16.5. The van der Waals surface area contributed by atoms with Gasteiger partial charge in [-0.25, -0.2) is 4.99 Å². The van der Waals surface area contributed by atoms with Gasteiger partial charge in [0.05, 0.1) is 6.04 Å². The fraction of sp³-hybridized carbons (Fsp3) is 0.833. The molecule has 0 fully saturated rings. The van der Waals surface area contributed by atoms with Gasteiger partial charge in [0, 0.05) is 6.42 Å². The molecule has 0 aromatic heterocycles. The molecule has 46 valence electrons. The normalized spacial score (nSPS) is 27.2. The molecule has 2 nitrogen and oxygen atoms in total. The molecule has 0 bridgehead atoms. The van der Waals surface area contributed by atoms with Gasteiger partial charge in [-0.05, 0) is 6.92 Å². The van der Waals surface area contributed by atoms with E-state index < -0.39 is 0 Å². The van der Waals surface area contributed by atoms with Crippen molar-refractivity contribution in [3.63, 3.8) is 0 Å². The zero-order valence-corrected chi connectivity index (χ0v) is 5.35. The lowest BCUT2D eigenvalue weighted by molar-refractivity contribution is 0.317. The topological polar surface area (TPSA) is 21.6 Å². The van der Waals surface area contributed by atoms with Gasteiger partial charge in [-0.1, -0.05) is 6.92 Å². The lowest BCUT2D eigenvalue weighted by Crippen LogP contribution is -1.98. The molecule has 2 heteroatoms. The van der Waals surface area contributed by atoms with Crippen LogP contribution in [0.1, 0.15) is 20.3 Å². The van der Waals surface area contributed by atoms with Gasteiger partial charge in [-0.3, -0.25) is 0 Å². The third-order valence-electron chi connectivity index (χ3n) is 1.16. The third kappa shape index (κ3) is 0.997. The molecule has 1 heterocycles. The summed E-state index contributed by atoms with van der Waals surface area (Å²) in [7, 11) is 0. The molecule has 8 heavy (non-hydrogen) atoms. The molecule has 1 aliphatic heterocycles. The molecular formula is C6H11NO. The molecular weight excluding hydrogens is 102 g/mol. The van der Waals surface area contributed by atoms with E-state index in [2.05, 4.69) is 18.8 Å². The Hall–Kier alpha value is -0.530. The molecule has 0 saturated heterocycles. The van der Waals surface area contributed by atoms with E-state index in [1.807, 2.05) is 0 Å². The van der Waals surface area contributed by atoms with E-state index in [1.165, 1.54) is 0 Å². The van der Waals surface area contributed by atoms with Crippen LogP contribution in [0, 0.1) is 0 Å². The maximum atomic E-state index is 5.16. The summed E-state index contributed by atoms with van der Waals surface area (Å²) in [6.07, 6.45) is 0.935. The molecule has 0 amide bonds. The molecule has 0 radical (unpaired) electrons. The maximum absolute atomic E-state index is 5.16. The van der Waals surface area contributed by atoms with Gasteiger partial charge < -0.3 is 4.74 Å². The molecule has 0 aromatic rings. The van der Waals surface area contributed by atoms with Gasteiger partial charge in [0.1, 0.15) is 6.61 Å². The highest BCUT2D eigenvalue weighted by molar-refractivity contribution is 5.77. The van der Waals surface area contributed by atoms with Crippen molar-refractivity contribution < 1.29 is 4.74 Å². The lowest BCUT2D eigenvalue weighted by atomic mass is 10.4. The van der Waals surface area contributed by atoms with Gasteiger partial charge in [-0.15, -0.1) is 0 Å². The highest BCUT2D eigenvalue weighted by Crippen LogP contribution is 2.04. The number of nitrogens with zero attached hydrogens (tertiary/aromatic N) is 1. The van der Waals surface area contributed by atoms with E-state index in [0.29, 0.717) is 6.04 Å². The molecule has 0 spiro atoms. The van der Waals surface area contributed by atoms with Crippen molar-refractivity contribution in [1.29, 1.82) is 0 Å². The van der Waals surface area contributed by atoms with Crippen LogP contribution in [-0.2, 0) is 4.74 Å². The number of ether oxygens (including phenoxy) is 1. The first kappa shape index (κ1) is 5.60. The van der Waals surface area contributed by atoms with Crippen LogP contribution >= 0.6 is 0 Å². The van der Waals surface area contributed by atoms with E-state index in [-0.39, 0.29) is 0 Å². The average molecular weight is 113 g/mol. The van der Waals surface area contributed by atoms with Crippen LogP contribution in [-0.4, -0.2) is 18.5 Å². The fourth-order valence-corrected chi connectivity index (χ4v) is 0.730. The van der Waals surface area contributed by atoms with Gasteiger partial charge in [0.15, 0.2) is 5.90 Å². The summed E-state index contributed by atoms with van der Waals surface area (Å²) < 4.78 is 5.16. The quantitative estimate of drug-likeness (QED) is 0.501. The zero-order chi connectivity index (χ0) is 5.98. The SMILES string of the molecule is CCC1=N[C@H](C)CO1. The largest absolute Gasteiger partial charge is 0.479 e. The first-order valence-corrected chi connectivity index (χ1v) is 3.02. The van der Waals surface area contributed by atoms with E-state index in [0.717, 1.165) is 18.9 Å². The summed E-state index contributed by atoms with van der Waals surface area (Å²) in [4.78, 5) is 4.20. The number of rotatable bonds is 1. The van der Waals surface area contributed by atoms with Gasteiger partial charge >= 0.3 is 0 Å². The molecule has 1 aliphatic rings. The molecule has 0 aromatic carbocycles. The highest BCUT2D eigenvalue weighted by Gasteiger charge is 2.10. The van der Waals surface area contributed by atoms with E-state index in [4.69, 9.17) is 4.74 Å². The van der Waals surface area contributed by atoms with E-state index in [1.54, 1.807) is 0 Å². The Morgan fingerprint density at radius 1 is 1.88 bits per heavy atom. The Morgan fingerprint density at radius 3 is 2.88 bits per heavy atom. The second-order valence-corrected chi connectivity index (χ2v) is 2.04. The van der Waals surface area contributed by atoms with Gasteiger partial charge in [0.2, 0.25) is 0 Å². The standard InChI is InChI=1S/C6H11NO/c1-3-6-7-5(2)4-8-6/h5H,3-4H2,1-2H3/t5-/m1/s1. The smallest absolute Gasteiger partial charge is 0.183 e. The van der Waals surface area contributed by atoms with E-state index >= 15 is 0 Å². The van der Waals surface area contributed by atoms with Crippen molar-refractivity contribution in [1.82, 2.24) is 0 Å². The van der Waals surface area contributed by atoms with Crippen molar-refractivity contribution in [2.45, 2.75) is 26.3 Å². The molecule has 1 atom stereocenters. The predicted molar refractivity (Wildman–Crippen MR) is 33.1 cm³/mol. The van der Waals surface area contributed by atoms with Crippen LogP contribution in [0.25, 0.3) is 0 Å². The monoisotopic (exact) mass is 113 g/mol. The van der Waals surface area contributed by atoms with Crippen LogP contribution in [0.3, 0.4) is 0 Å². The van der Waals surface area contributed by atoms with Crippen molar-refractivity contribution in [3.8, 4) is 0 Å². The van der Waals surface area contributed by atoms with Crippen molar-refractivity contribution >= 4 is 5.90 Å². The van der Waals surface area contributed by atoms with Gasteiger partial charge in [0.25, 0.3) is 0 Å². The van der Waals surface area contributed by atoms with Crippen molar-refractivity contribution in [3.05, 3.63) is 0 Å². The summed E-state index contributed by atoms with van der Waals surface area (Å²) in [5, 5.41) is 0. The Morgan fingerprint density at radius 2 is 2.62 bits per heavy atom. The molecule has 0 N–H and O–H groups in total. The summed E-state index contributed by atoms with van der Waals surface area (Å²) >= 11 is 0. The minimum atomic E-state index is 0.393. The fourth-order valence-electron chi connectivity index (χ4n) is 0.730. The van der Waals surface area contributed by atoms with Gasteiger partial charge in [-0.2, -0.15) is 0 Å². The first-order chi connectivity index (χ1) is 3.83. The minimum Gasteiger partial charge on any atom is -0.479 e. The van der Waals surface area contributed by atoms with Crippen LogP contribution in [0.4, 0.5) is 0 Å². The Bertz CT molecular complexity index is 109. The van der Waals surface area contributed by atoms with E-state index in [9.17, 15) is 0 Å². The summed E-state index contributed by atoms with van der Waals surface area (Å²) in [6.45, 7) is 4.89. The average Bonchev–Trinajstić information content (AvgIpc) is 2.14. The summed E-state index contributed by atoms with van der Waals surface area (Å²) in [6, 6.07) is 0.393. The second-order valence-electron chi connectivity index (χ2n) is 2.04. The zero-order valence-electron chi connectivity index (χ0n) is 5.35. The second kappa shape index (κ2) is 2.16. The van der Waals surface area contributed by atoms with Crippen molar-refractivity contribution in [2.75, 3.05) is 6.61 Å². The third-order valence-corrected chi connectivity index (χ3v) is 1.16. The number of hydrogen-bond acceptors (Lipinski definition) is 2. The van der Waals surface area contributed by atoms with Crippen molar-refractivity contribution in [2.24, 2.45) is 4.99 Å². The number of aliphatic imine (C=N–C) groups is 1. The maximum Gasteiger partial charge on any atom is 0.183 e. The predicted octanol–water partition coefficient (Wildman–Crippen LogP) is 1.21. The molecule has 0 unspecified atom stereocenters.